The fourth-order valence-electron chi connectivity index (χ4n) is 3.21. The SMILES string of the molecule is CC1CCCN(c2ncc(CCl)c3ccccc23)C1C. The molecule has 0 bridgehead atoms. The van der Waals surface area contributed by atoms with Gasteiger partial charge in [-0.2, -0.15) is 0 Å². The summed E-state index contributed by atoms with van der Waals surface area (Å²) < 4.78 is 0. The van der Waals surface area contributed by atoms with Crippen molar-refractivity contribution in [1.82, 2.24) is 4.98 Å². The highest BCUT2D eigenvalue weighted by molar-refractivity contribution is 6.18. The second-order valence-electron chi connectivity index (χ2n) is 5.84. The lowest BCUT2D eigenvalue weighted by Gasteiger charge is -2.39. The van der Waals surface area contributed by atoms with Crippen LogP contribution < -0.4 is 4.90 Å². The molecule has 1 aromatic heterocycles. The number of halogens is 1. The molecule has 2 unspecified atom stereocenters. The summed E-state index contributed by atoms with van der Waals surface area (Å²) in [4.78, 5) is 7.19. The summed E-state index contributed by atoms with van der Waals surface area (Å²) in [5.74, 6) is 2.35. The molecule has 1 aliphatic rings. The molecule has 0 saturated carbocycles. The highest BCUT2D eigenvalue weighted by Gasteiger charge is 2.26. The van der Waals surface area contributed by atoms with Gasteiger partial charge in [0.1, 0.15) is 5.82 Å². The van der Waals surface area contributed by atoms with Crippen LogP contribution in [0.15, 0.2) is 30.5 Å². The maximum absolute atomic E-state index is 6.04. The zero-order valence-electron chi connectivity index (χ0n) is 12.1. The van der Waals surface area contributed by atoms with E-state index in [0.717, 1.165) is 23.8 Å². The summed E-state index contributed by atoms with van der Waals surface area (Å²) in [6.45, 7) is 5.75. The van der Waals surface area contributed by atoms with Crippen molar-refractivity contribution in [2.24, 2.45) is 5.92 Å². The number of rotatable bonds is 2. The molecular weight excluding hydrogens is 268 g/mol. The number of alkyl halides is 1. The lowest BCUT2D eigenvalue weighted by atomic mass is 9.91. The Morgan fingerprint density at radius 1 is 1.25 bits per heavy atom. The first-order valence-corrected chi connectivity index (χ1v) is 7.95. The third-order valence-electron chi connectivity index (χ3n) is 4.65. The van der Waals surface area contributed by atoms with E-state index in [9.17, 15) is 0 Å². The van der Waals surface area contributed by atoms with Crippen LogP contribution >= 0.6 is 11.6 Å². The van der Waals surface area contributed by atoms with Crippen molar-refractivity contribution in [3.05, 3.63) is 36.0 Å². The molecule has 2 heterocycles. The molecule has 20 heavy (non-hydrogen) atoms. The van der Waals surface area contributed by atoms with E-state index < -0.39 is 0 Å². The monoisotopic (exact) mass is 288 g/mol. The second-order valence-corrected chi connectivity index (χ2v) is 6.11. The maximum Gasteiger partial charge on any atom is 0.136 e. The van der Waals surface area contributed by atoms with Crippen molar-refractivity contribution in [2.75, 3.05) is 11.4 Å². The normalized spacial score (nSPS) is 23.2. The average molecular weight is 289 g/mol. The summed E-state index contributed by atoms with van der Waals surface area (Å²) in [5, 5.41) is 2.46. The van der Waals surface area contributed by atoms with Crippen LogP contribution in [0.5, 0.6) is 0 Å². The first kappa shape index (κ1) is 13.7. The standard InChI is InChI=1S/C17H21ClN2/c1-12-6-5-9-20(13(12)2)17-16-8-4-3-7-15(16)14(10-18)11-19-17/h3-4,7-8,11-13H,5-6,9-10H2,1-2H3. The predicted molar refractivity (Wildman–Crippen MR) is 86.5 cm³/mol. The Balaban J connectivity index is 2.12. The smallest absolute Gasteiger partial charge is 0.136 e. The molecular formula is C17H21ClN2. The number of pyridine rings is 1. The lowest BCUT2D eigenvalue weighted by Crippen LogP contribution is -2.43. The molecule has 1 saturated heterocycles. The Morgan fingerprint density at radius 2 is 2.00 bits per heavy atom. The summed E-state index contributed by atoms with van der Waals surface area (Å²) >= 11 is 6.04. The molecule has 2 aromatic rings. The first-order valence-electron chi connectivity index (χ1n) is 7.41. The fourth-order valence-corrected chi connectivity index (χ4v) is 3.42. The molecule has 0 N–H and O–H groups in total. The van der Waals surface area contributed by atoms with Gasteiger partial charge in [-0.25, -0.2) is 4.98 Å². The van der Waals surface area contributed by atoms with E-state index in [0.29, 0.717) is 11.9 Å². The molecule has 0 amide bonds. The van der Waals surface area contributed by atoms with Crippen molar-refractivity contribution in [3.8, 4) is 0 Å². The van der Waals surface area contributed by atoms with Crippen molar-refractivity contribution in [1.29, 1.82) is 0 Å². The first-order chi connectivity index (χ1) is 9.72. The molecule has 0 aliphatic carbocycles. The number of hydrogen-bond acceptors (Lipinski definition) is 2. The van der Waals surface area contributed by atoms with E-state index in [1.54, 1.807) is 0 Å². The van der Waals surface area contributed by atoms with E-state index >= 15 is 0 Å². The highest BCUT2D eigenvalue weighted by Crippen LogP contribution is 2.33. The van der Waals surface area contributed by atoms with Crippen molar-refractivity contribution in [3.63, 3.8) is 0 Å². The molecule has 0 radical (unpaired) electrons. The summed E-state index contributed by atoms with van der Waals surface area (Å²) in [6.07, 6.45) is 4.50. The van der Waals surface area contributed by atoms with Gasteiger partial charge in [-0.15, -0.1) is 11.6 Å². The minimum atomic E-state index is 0.514. The van der Waals surface area contributed by atoms with Gasteiger partial charge in [-0.1, -0.05) is 31.2 Å². The molecule has 2 atom stereocenters. The van der Waals surface area contributed by atoms with E-state index in [4.69, 9.17) is 16.6 Å². The van der Waals surface area contributed by atoms with Gasteiger partial charge in [0.15, 0.2) is 0 Å². The molecule has 3 heteroatoms. The van der Waals surface area contributed by atoms with Gasteiger partial charge in [-0.05, 0) is 36.6 Å². The Bertz CT molecular complexity index is 611. The number of anilines is 1. The number of nitrogens with zero attached hydrogens (tertiary/aromatic N) is 2. The van der Waals surface area contributed by atoms with Crippen LogP contribution in [0.25, 0.3) is 10.8 Å². The van der Waals surface area contributed by atoms with Crippen molar-refractivity contribution >= 4 is 28.2 Å². The topological polar surface area (TPSA) is 16.1 Å². The summed E-state index contributed by atoms with van der Waals surface area (Å²) in [5.41, 5.74) is 1.11. The molecule has 106 valence electrons. The van der Waals surface area contributed by atoms with Gasteiger partial charge in [0.25, 0.3) is 0 Å². The summed E-state index contributed by atoms with van der Waals surface area (Å²) in [6, 6.07) is 9.02. The van der Waals surface area contributed by atoms with Crippen LogP contribution in [-0.2, 0) is 5.88 Å². The number of fused-ring (bicyclic) bond motifs is 1. The van der Waals surface area contributed by atoms with Gasteiger partial charge in [-0.3, -0.25) is 0 Å². The van der Waals surface area contributed by atoms with Crippen LogP contribution in [0.2, 0.25) is 0 Å². The van der Waals surface area contributed by atoms with Crippen LogP contribution in [0.1, 0.15) is 32.3 Å². The van der Waals surface area contributed by atoms with E-state index in [1.165, 1.54) is 23.6 Å². The predicted octanol–water partition coefficient (Wildman–Crippen LogP) is 4.60. The van der Waals surface area contributed by atoms with Crippen molar-refractivity contribution in [2.45, 2.75) is 38.6 Å². The minimum Gasteiger partial charge on any atom is -0.353 e. The zero-order chi connectivity index (χ0) is 14.1. The Labute approximate surface area is 125 Å². The van der Waals surface area contributed by atoms with Crippen LogP contribution in [0, 0.1) is 5.92 Å². The number of benzene rings is 1. The Hall–Kier alpha value is -1.28. The number of aromatic nitrogens is 1. The fraction of sp³-hybridized carbons (Fsp3) is 0.471. The van der Waals surface area contributed by atoms with Gasteiger partial charge >= 0.3 is 0 Å². The quantitative estimate of drug-likeness (QED) is 0.751. The van der Waals surface area contributed by atoms with Gasteiger partial charge in [0.2, 0.25) is 0 Å². The third-order valence-corrected chi connectivity index (χ3v) is 4.93. The van der Waals surface area contributed by atoms with E-state index in [-0.39, 0.29) is 0 Å². The van der Waals surface area contributed by atoms with Crippen molar-refractivity contribution < 1.29 is 0 Å². The summed E-state index contributed by atoms with van der Waals surface area (Å²) in [7, 11) is 0. The molecule has 0 spiro atoms. The molecule has 1 aliphatic heterocycles. The van der Waals surface area contributed by atoms with Gasteiger partial charge in [0, 0.05) is 30.0 Å². The van der Waals surface area contributed by atoms with Crippen LogP contribution in [0.3, 0.4) is 0 Å². The molecule has 1 fully saturated rings. The molecule has 1 aromatic carbocycles. The lowest BCUT2D eigenvalue weighted by molar-refractivity contribution is 0.362. The third kappa shape index (κ3) is 2.26. The molecule has 2 nitrogen and oxygen atoms in total. The van der Waals surface area contributed by atoms with Gasteiger partial charge in [0.05, 0.1) is 0 Å². The second kappa shape index (κ2) is 5.61. The zero-order valence-corrected chi connectivity index (χ0v) is 12.9. The Morgan fingerprint density at radius 3 is 2.75 bits per heavy atom. The number of piperidine rings is 1. The van der Waals surface area contributed by atoms with E-state index in [2.05, 4.69) is 43.0 Å². The minimum absolute atomic E-state index is 0.514. The highest BCUT2D eigenvalue weighted by atomic mass is 35.5. The van der Waals surface area contributed by atoms with Crippen LogP contribution in [0.4, 0.5) is 5.82 Å². The van der Waals surface area contributed by atoms with Crippen LogP contribution in [-0.4, -0.2) is 17.6 Å². The average Bonchev–Trinajstić information content (AvgIpc) is 2.49. The number of hydrogen-bond donors (Lipinski definition) is 0. The molecule has 3 rings (SSSR count). The maximum atomic E-state index is 6.04. The van der Waals surface area contributed by atoms with E-state index in [1.807, 2.05) is 6.20 Å². The Kier molecular flexibility index (Phi) is 3.84. The largest absolute Gasteiger partial charge is 0.353 e. The van der Waals surface area contributed by atoms with Gasteiger partial charge < -0.3 is 4.90 Å².